The van der Waals surface area contributed by atoms with Crippen LogP contribution in [-0.4, -0.2) is 27.1 Å². The number of anilines is 1. The molecule has 1 aliphatic rings. The van der Waals surface area contributed by atoms with Gasteiger partial charge in [-0.05, 0) is 25.1 Å². The predicted molar refractivity (Wildman–Crippen MR) is 85.8 cm³/mol. The first-order valence-electron chi connectivity index (χ1n) is 6.86. The number of nitrogens with zero attached hydrogens (tertiary/aromatic N) is 2. The number of amides is 1. The summed E-state index contributed by atoms with van der Waals surface area (Å²) in [6, 6.07) is 13.2. The zero-order valence-electron chi connectivity index (χ0n) is 12.6. The molecule has 0 saturated carbocycles. The van der Waals surface area contributed by atoms with Crippen molar-refractivity contribution >= 4 is 27.4 Å². The van der Waals surface area contributed by atoms with Gasteiger partial charge in [-0.1, -0.05) is 41.1 Å². The molecule has 0 atom stereocenters. The Kier molecular flexibility index (Phi) is 3.65. The summed E-state index contributed by atoms with van der Waals surface area (Å²) in [5.74, 6) is -0.412. The lowest BCUT2D eigenvalue weighted by atomic mass is 10.1. The van der Waals surface area contributed by atoms with Gasteiger partial charge >= 0.3 is 10.1 Å². The first-order valence-corrected chi connectivity index (χ1v) is 8.27. The molecule has 0 aliphatic carbocycles. The van der Waals surface area contributed by atoms with Crippen LogP contribution in [-0.2, 0) is 19.2 Å². The van der Waals surface area contributed by atoms with Crippen molar-refractivity contribution in [3.05, 3.63) is 59.7 Å². The molecule has 0 spiro atoms. The Hall–Kier alpha value is -2.67. The van der Waals surface area contributed by atoms with Crippen LogP contribution in [0.4, 0.5) is 5.69 Å². The number of rotatable bonds is 3. The molecule has 0 radical (unpaired) electrons. The summed E-state index contributed by atoms with van der Waals surface area (Å²) >= 11 is 0. The lowest BCUT2D eigenvalue weighted by Gasteiger charge is -2.07. The molecule has 2 aromatic carbocycles. The van der Waals surface area contributed by atoms with Gasteiger partial charge in [0, 0.05) is 12.6 Å². The summed E-state index contributed by atoms with van der Waals surface area (Å²) in [6.07, 6.45) is 0. The zero-order chi connectivity index (χ0) is 16.6. The van der Waals surface area contributed by atoms with Crippen LogP contribution in [0.2, 0.25) is 0 Å². The van der Waals surface area contributed by atoms with Crippen LogP contribution in [0, 0.1) is 6.92 Å². The second-order valence-electron chi connectivity index (χ2n) is 5.16. The first-order chi connectivity index (χ1) is 10.9. The number of fused-ring (bicyclic) bond motifs is 1. The number of oxime groups is 1. The van der Waals surface area contributed by atoms with Crippen molar-refractivity contribution in [2.45, 2.75) is 11.8 Å². The molecular formula is C16H14N2O4S. The fraction of sp³-hybridized carbons (Fsp3) is 0.125. The molecule has 0 N–H and O–H groups in total. The largest absolute Gasteiger partial charge is 0.358 e. The summed E-state index contributed by atoms with van der Waals surface area (Å²) < 4.78 is 29.0. The van der Waals surface area contributed by atoms with E-state index < -0.39 is 16.0 Å². The number of hydrogen-bond donors (Lipinski definition) is 0. The van der Waals surface area contributed by atoms with Crippen LogP contribution in [0.5, 0.6) is 0 Å². The predicted octanol–water partition coefficient (Wildman–Crippen LogP) is 2.08. The minimum absolute atomic E-state index is 0.0143. The Morgan fingerprint density at radius 2 is 1.70 bits per heavy atom. The quantitative estimate of drug-likeness (QED) is 0.808. The van der Waals surface area contributed by atoms with E-state index in [2.05, 4.69) is 5.16 Å². The summed E-state index contributed by atoms with van der Waals surface area (Å²) in [4.78, 5) is 13.6. The number of aryl methyl sites for hydroxylation is 1. The number of carbonyl (C=O) groups excluding carboxylic acids is 1. The molecule has 7 heteroatoms. The Bertz CT molecular complexity index is 902. The van der Waals surface area contributed by atoms with Gasteiger partial charge in [0.1, 0.15) is 4.90 Å². The molecule has 1 amide bonds. The van der Waals surface area contributed by atoms with E-state index in [9.17, 15) is 13.2 Å². The molecule has 0 fully saturated rings. The molecule has 6 nitrogen and oxygen atoms in total. The van der Waals surface area contributed by atoms with Gasteiger partial charge in [-0.25, -0.2) is 0 Å². The van der Waals surface area contributed by atoms with Gasteiger partial charge in [0.2, 0.25) is 0 Å². The Morgan fingerprint density at radius 3 is 2.39 bits per heavy atom. The monoisotopic (exact) mass is 330 g/mol. The summed E-state index contributed by atoms with van der Waals surface area (Å²) in [6.45, 7) is 1.85. The number of benzene rings is 2. The van der Waals surface area contributed by atoms with Crippen LogP contribution in [0.3, 0.4) is 0 Å². The van der Waals surface area contributed by atoms with Gasteiger partial charge < -0.3 is 4.90 Å². The Balaban J connectivity index is 1.94. The molecule has 118 valence electrons. The van der Waals surface area contributed by atoms with E-state index in [1.165, 1.54) is 17.0 Å². The fourth-order valence-corrected chi connectivity index (χ4v) is 3.00. The molecule has 0 aromatic heterocycles. The first kappa shape index (κ1) is 15.2. The highest BCUT2D eigenvalue weighted by Crippen LogP contribution is 2.28. The lowest BCUT2D eigenvalue weighted by Crippen LogP contribution is -2.25. The van der Waals surface area contributed by atoms with Gasteiger partial charge in [-0.15, -0.1) is 0 Å². The van der Waals surface area contributed by atoms with Gasteiger partial charge in [-0.3, -0.25) is 9.08 Å². The van der Waals surface area contributed by atoms with Gasteiger partial charge in [0.05, 0.1) is 5.69 Å². The normalized spacial score (nSPS) is 15.8. The summed E-state index contributed by atoms with van der Waals surface area (Å²) in [5.41, 5.74) is 2.10. The molecular weight excluding hydrogens is 316 g/mol. The third-order valence-corrected chi connectivity index (χ3v) is 4.68. The Morgan fingerprint density at radius 1 is 1.04 bits per heavy atom. The maximum atomic E-state index is 12.2. The van der Waals surface area contributed by atoms with E-state index in [4.69, 9.17) is 4.28 Å². The summed E-state index contributed by atoms with van der Waals surface area (Å²) in [5, 5.41) is 3.60. The van der Waals surface area contributed by atoms with E-state index >= 15 is 0 Å². The highest BCUT2D eigenvalue weighted by Gasteiger charge is 2.32. The van der Waals surface area contributed by atoms with Gasteiger partial charge in [-0.2, -0.15) is 8.42 Å². The Labute approximate surface area is 134 Å². The molecule has 1 aliphatic heterocycles. The molecule has 0 bridgehead atoms. The van der Waals surface area contributed by atoms with Crippen molar-refractivity contribution in [2.24, 2.45) is 5.16 Å². The van der Waals surface area contributed by atoms with Crippen molar-refractivity contribution in [2.75, 3.05) is 11.9 Å². The SMILES string of the molecule is Cc1ccc(S(=O)(=O)O/N=C2\C(=O)N(C)c3ccccc32)cc1. The van der Waals surface area contributed by atoms with Crippen LogP contribution < -0.4 is 4.90 Å². The third-order valence-electron chi connectivity index (χ3n) is 3.56. The van der Waals surface area contributed by atoms with E-state index in [1.807, 2.05) is 6.92 Å². The van der Waals surface area contributed by atoms with Gasteiger partial charge in [0.25, 0.3) is 5.91 Å². The molecule has 0 unspecified atom stereocenters. The minimum Gasteiger partial charge on any atom is -0.309 e. The third kappa shape index (κ3) is 2.70. The van der Waals surface area contributed by atoms with Crippen LogP contribution in [0.25, 0.3) is 0 Å². The fourth-order valence-electron chi connectivity index (χ4n) is 2.27. The van der Waals surface area contributed by atoms with E-state index in [-0.39, 0.29) is 10.6 Å². The maximum Gasteiger partial charge on any atom is 0.358 e. The molecule has 23 heavy (non-hydrogen) atoms. The van der Waals surface area contributed by atoms with Crippen molar-refractivity contribution in [1.29, 1.82) is 0 Å². The topological polar surface area (TPSA) is 76.0 Å². The van der Waals surface area contributed by atoms with Crippen LogP contribution in [0.15, 0.2) is 58.6 Å². The maximum absolute atomic E-state index is 12.2. The minimum atomic E-state index is -4.07. The number of likely N-dealkylation sites (N-methyl/N-ethyl adjacent to an activating group) is 1. The molecule has 3 rings (SSSR count). The van der Waals surface area contributed by atoms with Crippen LogP contribution >= 0.6 is 0 Å². The average molecular weight is 330 g/mol. The van der Waals surface area contributed by atoms with Crippen molar-refractivity contribution in [3.8, 4) is 0 Å². The zero-order valence-corrected chi connectivity index (χ0v) is 13.4. The number of hydrogen-bond acceptors (Lipinski definition) is 5. The average Bonchev–Trinajstić information content (AvgIpc) is 2.78. The standard InChI is InChI=1S/C16H14N2O4S/c1-11-7-9-12(10-8-11)23(20,21)22-17-15-13-5-3-4-6-14(13)18(2)16(15)19/h3-10H,1-2H3/b17-15-. The summed E-state index contributed by atoms with van der Waals surface area (Å²) in [7, 11) is -2.47. The number of para-hydroxylation sites is 1. The van der Waals surface area contributed by atoms with E-state index in [0.29, 0.717) is 11.3 Å². The lowest BCUT2D eigenvalue weighted by molar-refractivity contribution is -0.112. The van der Waals surface area contributed by atoms with Gasteiger partial charge in [0.15, 0.2) is 5.71 Å². The van der Waals surface area contributed by atoms with Crippen LogP contribution in [0.1, 0.15) is 11.1 Å². The highest BCUT2D eigenvalue weighted by molar-refractivity contribution is 7.86. The second kappa shape index (κ2) is 5.51. The highest BCUT2D eigenvalue weighted by atomic mass is 32.2. The number of carbonyl (C=O) groups is 1. The molecule has 2 aromatic rings. The van der Waals surface area contributed by atoms with E-state index in [0.717, 1.165) is 5.56 Å². The van der Waals surface area contributed by atoms with Crippen molar-refractivity contribution < 1.29 is 17.5 Å². The molecule has 1 heterocycles. The second-order valence-corrected chi connectivity index (χ2v) is 6.69. The van der Waals surface area contributed by atoms with Crippen molar-refractivity contribution in [1.82, 2.24) is 0 Å². The molecule has 0 saturated heterocycles. The van der Waals surface area contributed by atoms with E-state index in [1.54, 1.807) is 43.4 Å². The van der Waals surface area contributed by atoms with Crippen molar-refractivity contribution in [3.63, 3.8) is 0 Å². The smallest absolute Gasteiger partial charge is 0.309 e.